The molecule has 0 aliphatic carbocycles. The van der Waals surface area contributed by atoms with E-state index in [1.54, 1.807) is 43.0 Å². The molecular formula is C12H17N3O3S. The molecule has 2 rings (SSSR count). The Labute approximate surface area is 112 Å². The summed E-state index contributed by atoms with van der Waals surface area (Å²) in [5.74, 6) is 0. The third kappa shape index (κ3) is 2.98. The molecule has 1 heterocycles. The minimum absolute atomic E-state index is 0.163. The standard InChI is InChI=1S/C12H17N3O3S/c1-9(2)19(17,18)14-10-4-3-5-11(8-10)15-7-6-13-12(15)16/h3-5,8-9,14H,6-7H2,1-2H3,(H,13,16). The van der Waals surface area contributed by atoms with Gasteiger partial charge >= 0.3 is 6.03 Å². The molecule has 19 heavy (non-hydrogen) atoms. The molecule has 2 N–H and O–H groups in total. The SMILES string of the molecule is CC(C)S(=O)(=O)Nc1cccc(N2CCNC2=O)c1. The lowest BCUT2D eigenvalue weighted by Crippen LogP contribution is -2.28. The van der Waals surface area contributed by atoms with Crippen molar-refractivity contribution in [3.63, 3.8) is 0 Å². The minimum atomic E-state index is -3.37. The third-order valence-electron chi connectivity index (χ3n) is 2.90. The number of anilines is 2. The smallest absolute Gasteiger partial charge is 0.321 e. The van der Waals surface area contributed by atoms with Crippen molar-refractivity contribution in [2.75, 3.05) is 22.7 Å². The summed E-state index contributed by atoms with van der Waals surface area (Å²) in [6, 6.07) is 6.66. The molecular weight excluding hydrogens is 266 g/mol. The number of sulfonamides is 1. The Morgan fingerprint density at radius 1 is 1.37 bits per heavy atom. The summed E-state index contributed by atoms with van der Waals surface area (Å²) in [7, 11) is -3.37. The molecule has 0 unspecified atom stereocenters. The number of hydrogen-bond acceptors (Lipinski definition) is 3. The van der Waals surface area contributed by atoms with Gasteiger partial charge in [0.15, 0.2) is 0 Å². The van der Waals surface area contributed by atoms with Gasteiger partial charge < -0.3 is 5.32 Å². The Hall–Kier alpha value is -1.76. The molecule has 0 aromatic heterocycles. The Bertz CT molecular complexity index is 584. The number of nitrogens with zero attached hydrogens (tertiary/aromatic N) is 1. The highest BCUT2D eigenvalue weighted by molar-refractivity contribution is 7.93. The quantitative estimate of drug-likeness (QED) is 0.876. The van der Waals surface area contributed by atoms with Gasteiger partial charge in [0.25, 0.3) is 0 Å². The van der Waals surface area contributed by atoms with Crippen molar-refractivity contribution < 1.29 is 13.2 Å². The Morgan fingerprint density at radius 2 is 2.11 bits per heavy atom. The van der Waals surface area contributed by atoms with E-state index in [2.05, 4.69) is 10.0 Å². The maximum Gasteiger partial charge on any atom is 0.321 e. The van der Waals surface area contributed by atoms with Gasteiger partial charge in [0, 0.05) is 18.8 Å². The second-order valence-electron chi connectivity index (χ2n) is 4.63. The van der Waals surface area contributed by atoms with Crippen LogP contribution in [0.15, 0.2) is 24.3 Å². The zero-order chi connectivity index (χ0) is 14.0. The number of amides is 2. The monoisotopic (exact) mass is 283 g/mol. The lowest BCUT2D eigenvalue weighted by Gasteiger charge is -2.16. The average molecular weight is 283 g/mol. The Morgan fingerprint density at radius 3 is 2.68 bits per heavy atom. The molecule has 1 fully saturated rings. The maximum atomic E-state index is 11.8. The summed E-state index contributed by atoms with van der Waals surface area (Å²) in [5.41, 5.74) is 1.14. The third-order valence-corrected chi connectivity index (χ3v) is 4.66. The van der Waals surface area contributed by atoms with Gasteiger partial charge in [0.2, 0.25) is 10.0 Å². The van der Waals surface area contributed by atoms with Crippen LogP contribution in [0.1, 0.15) is 13.8 Å². The van der Waals surface area contributed by atoms with E-state index >= 15 is 0 Å². The summed E-state index contributed by atoms with van der Waals surface area (Å²) in [4.78, 5) is 13.1. The molecule has 1 aromatic rings. The summed E-state index contributed by atoms with van der Waals surface area (Å²) in [6.45, 7) is 4.40. The predicted octanol–water partition coefficient (Wildman–Crippen LogP) is 1.37. The molecule has 0 bridgehead atoms. The lowest BCUT2D eigenvalue weighted by molar-refractivity contribution is 0.252. The van der Waals surface area contributed by atoms with E-state index in [1.807, 2.05) is 0 Å². The molecule has 7 heteroatoms. The number of hydrogen-bond donors (Lipinski definition) is 2. The predicted molar refractivity (Wildman–Crippen MR) is 74.9 cm³/mol. The van der Waals surface area contributed by atoms with E-state index in [0.717, 1.165) is 0 Å². The molecule has 6 nitrogen and oxygen atoms in total. The zero-order valence-corrected chi connectivity index (χ0v) is 11.7. The van der Waals surface area contributed by atoms with Crippen LogP contribution in [-0.2, 0) is 10.0 Å². The van der Waals surface area contributed by atoms with E-state index in [9.17, 15) is 13.2 Å². The second kappa shape index (κ2) is 5.08. The van der Waals surface area contributed by atoms with Crippen molar-refractivity contribution in [3.8, 4) is 0 Å². The molecule has 1 aliphatic heterocycles. The van der Waals surface area contributed by atoms with Crippen molar-refractivity contribution in [3.05, 3.63) is 24.3 Å². The number of urea groups is 1. The van der Waals surface area contributed by atoms with Crippen LogP contribution in [0, 0.1) is 0 Å². The molecule has 1 aromatic carbocycles. The fraction of sp³-hybridized carbons (Fsp3) is 0.417. The molecule has 2 amide bonds. The van der Waals surface area contributed by atoms with Gasteiger partial charge in [-0.25, -0.2) is 13.2 Å². The highest BCUT2D eigenvalue weighted by Crippen LogP contribution is 2.22. The first-order chi connectivity index (χ1) is 8.90. The van der Waals surface area contributed by atoms with E-state index in [4.69, 9.17) is 0 Å². The highest BCUT2D eigenvalue weighted by atomic mass is 32.2. The summed E-state index contributed by atoms with van der Waals surface area (Å²) < 4.78 is 26.1. The van der Waals surface area contributed by atoms with E-state index in [0.29, 0.717) is 24.5 Å². The first kappa shape index (κ1) is 13.7. The fourth-order valence-corrected chi connectivity index (χ4v) is 2.43. The topological polar surface area (TPSA) is 78.5 Å². The van der Waals surface area contributed by atoms with E-state index in [-0.39, 0.29) is 6.03 Å². The Balaban J connectivity index is 2.23. The maximum absolute atomic E-state index is 11.8. The number of rotatable bonds is 4. The highest BCUT2D eigenvalue weighted by Gasteiger charge is 2.22. The lowest BCUT2D eigenvalue weighted by atomic mass is 10.2. The molecule has 104 valence electrons. The fourth-order valence-electron chi connectivity index (χ4n) is 1.74. The van der Waals surface area contributed by atoms with Crippen LogP contribution in [0.5, 0.6) is 0 Å². The molecule has 0 spiro atoms. The number of carbonyl (C=O) groups is 1. The molecule has 1 aliphatic rings. The van der Waals surface area contributed by atoms with Gasteiger partial charge in [-0.2, -0.15) is 0 Å². The molecule has 1 saturated heterocycles. The molecule has 0 saturated carbocycles. The number of nitrogens with one attached hydrogen (secondary N) is 2. The van der Waals surface area contributed by atoms with Gasteiger partial charge in [0.1, 0.15) is 0 Å². The van der Waals surface area contributed by atoms with E-state index in [1.165, 1.54) is 0 Å². The van der Waals surface area contributed by atoms with Gasteiger partial charge in [-0.05, 0) is 32.0 Å². The van der Waals surface area contributed by atoms with Gasteiger partial charge in [-0.1, -0.05) is 6.07 Å². The van der Waals surface area contributed by atoms with Crippen LogP contribution in [0.2, 0.25) is 0 Å². The summed E-state index contributed by atoms with van der Waals surface area (Å²) >= 11 is 0. The largest absolute Gasteiger partial charge is 0.336 e. The summed E-state index contributed by atoms with van der Waals surface area (Å²) in [6.07, 6.45) is 0. The minimum Gasteiger partial charge on any atom is -0.336 e. The van der Waals surface area contributed by atoms with Crippen LogP contribution in [-0.4, -0.2) is 32.8 Å². The van der Waals surface area contributed by atoms with Crippen molar-refractivity contribution in [1.29, 1.82) is 0 Å². The average Bonchev–Trinajstić information content (AvgIpc) is 2.75. The molecule has 0 atom stereocenters. The van der Waals surface area contributed by atoms with Crippen molar-refractivity contribution in [2.24, 2.45) is 0 Å². The van der Waals surface area contributed by atoms with Gasteiger partial charge in [-0.3, -0.25) is 9.62 Å². The number of carbonyl (C=O) groups excluding carboxylic acids is 1. The van der Waals surface area contributed by atoms with Crippen molar-refractivity contribution >= 4 is 27.4 Å². The zero-order valence-electron chi connectivity index (χ0n) is 10.9. The summed E-state index contributed by atoms with van der Waals surface area (Å²) in [5, 5.41) is 2.19. The van der Waals surface area contributed by atoms with Crippen LogP contribution in [0.3, 0.4) is 0 Å². The van der Waals surface area contributed by atoms with Crippen LogP contribution >= 0.6 is 0 Å². The van der Waals surface area contributed by atoms with Crippen molar-refractivity contribution in [1.82, 2.24) is 5.32 Å². The number of benzene rings is 1. The normalized spacial score (nSPS) is 15.7. The second-order valence-corrected chi connectivity index (χ2v) is 6.87. The Kier molecular flexibility index (Phi) is 3.66. The van der Waals surface area contributed by atoms with Crippen LogP contribution < -0.4 is 14.9 Å². The van der Waals surface area contributed by atoms with Gasteiger partial charge in [0.05, 0.1) is 10.9 Å². The first-order valence-electron chi connectivity index (χ1n) is 6.07. The van der Waals surface area contributed by atoms with E-state index < -0.39 is 15.3 Å². The van der Waals surface area contributed by atoms with Crippen LogP contribution in [0.4, 0.5) is 16.2 Å². The van der Waals surface area contributed by atoms with Gasteiger partial charge in [-0.15, -0.1) is 0 Å². The van der Waals surface area contributed by atoms with Crippen molar-refractivity contribution in [2.45, 2.75) is 19.1 Å². The first-order valence-corrected chi connectivity index (χ1v) is 7.62. The van der Waals surface area contributed by atoms with Crippen LogP contribution in [0.25, 0.3) is 0 Å². The molecule has 0 radical (unpaired) electrons.